The normalized spacial score (nSPS) is 13.3. The van der Waals surface area contributed by atoms with Gasteiger partial charge in [0.25, 0.3) is 0 Å². The Morgan fingerprint density at radius 1 is 0.345 bits per heavy atom. The molecule has 14 rings (SSSR count). The van der Waals surface area contributed by atoms with Gasteiger partial charge in [-0.3, -0.25) is 0 Å². The lowest BCUT2D eigenvalue weighted by Crippen LogP contribution is -2.27. The Morgan fingerprint density at radius 2 is 0.762 bits per heavy atom. The van der Waals surface area contributed by atoms with Crippen LogP contribution in [0.1, 0.15) is 51.8 Å². The summed E-state index contributed by atoms with van der Waals surface area (Å²) in [7, 11) is 0. The Labute approximate surface area is 493 Å². The smallest absolute Gasteiger partial charge is 0.0541 e. The van der Waals surface area contributed by atoms with Crippen LogP contribution >= 0.6 is 0 Å². The van der Waals surface area contributed by atoms with Crippen molar-refractivity contribution in [3.05, 3.63) is 344 Å². The average Bonchev–Trinajstić information content (AvgIpc) is 2.80. The lowest BCUT2D eigenvalue weighted by Gasteiger charge is -2.34. The molecule has 1 unspecified atom stereocenters. The summed E-state index contributed by atoms with van der Waals surface area (Å²) in [6, 6.07) is 105. The number of hydrogen-bond donors (Lipinski definition) is 0. The summed E-state index contributed by atoms with van der Waals surface area (Å²) < 4.78 is 2.41. The highest BCUT2D eigenvalue weighted by Gasteiger charge is 2.44. The van der Waals surface area contributed by atoms with Crippen molar-refractivity contribution in [2.75, 3.05) is 4.90 Å². The molecule has 12 aromatic carbocycles. The van der Waals surface area contributed by atoms with Crippen LogP contribution in [-0.4, -0.2) is 4.57 Å². The minimum Gasteiger partial charge on any atom is -0.310 e. The van der Waals surface area contributed by atoms with Crippen molar-refractivity contribution in [2.24, 2.45) is 0 Å². The molecular formula is C82H62N2. The molecule has 1 aliphatic rings. The molecule has 2 nitrogen and oxygen atoms in total. The van der Waals surface area contributed by atoms with Gasteiger partial charge >= 0.3 is 0 Å². The van der Waals surface area contributed by atoms with Crippen LogP contribution in [0.15, 0.2) is 305 Å². The first-order chi connectivity index (χ1) is 41.5. The minimum atomic E-state index is -0.364. The molecule has 0 saturated carbocycles. The van der Waals surface area contributed by atoms with Crippen LogP contribution < -0.4 is 4.90 Å². The zero-order chi connectivity index (χ0) is 56.6. The van der Waals surface area contributed by atoms with Gasteiger partial charge in [-0.2, -0.15) is 0 Å². The predicted octanol–water partition coefficient (Wildman–Crippen LogP) is 22.2. The molecule has 1 aromatic heterocycles. The van der Waals surface area contributed by atoms with Crippen LogP contribution in [0.5, 0.6) is 0 Å². The second-order valence-electron chi connectivity index (χ2n) is 22.1. The predicted molar refractivity (Wildman–Crippen MR) is 359 cm³/mol. The van der Waals surface area contributed by atoms with Gasteiger partial charge < -0.3 is 9.47 Å². The molecule has 0 amide bonds. The van der Waals surface area contributed by atoms with Crippen molar-refractivity contribution in [1.29, 1.82) is 0 Å². The summed E-state index contributed by atoms with van der Waals surface area (Å²) in [4.78, 5) is 2.44. The number of anilines is 3. The summed E-state index contributed by atoms with van der Waals surface area (Å²) in [6.07, 6.45) is 8.66. The van der Waals surface area contributed by atoms with Gasteiger partial charge in [0, 0.05) is 38.9 Å². The van der Waals surface area contributed by atoms with Crippen molar-refractivity contribution < 1.29 is 0 Å². The maximum atomic E-state index is 4.00. The summed E-state index contributed by atoms with van der Waals surface area (Å²) in [6.45, 7) is 11.9. The van der Waals surface area contributed by atoms with E-state index >= 15 is 0 Å². The third kappa shape index (κ3) is 9.38. The highest BCUT2D eigenvalue weighted by atomic mass is 15.1. The first-order valence-corrected chi connectivity index (χ1v) is 29.2. The van der Waals surface area contributed by atoms with Crippen molar-refractivity contribution in [1.82, 2.24) is 4.57 Å². The molecule has 0 spiro atoms. The largest absolute Gasteiger partial charge is 0.310 e. The second-order valence-corrected chi connectivity index (χ2v) is 22.1. The van der Waals surface area contributed by atoms with Crippen molar-refractivity contribution >= 4 is 57.1 Å². The Kier molecular flexibility index (Phi) is 13.6. The van der Waals surface area contributed by atoms with Gasteiger partial charge in [0.05, 0.1) is 11.0 Å². The van der Waals surface area contributed by atoms with Gasteiger partial charge in [-0.15, -0.1) is 0 Å². The molecule has 13 aromatic rings. The zero-order valence-corrected chi connectivity index (χ0v) is 47.0. The SMILES string of the molecule is C=Cc1ccc(CCCC2(c3ccccc3)c3ccccc3-c3ccc(N(c4ccc(-c5ccccc5)cc4)c4ccc(-c5ccc6c(c5)c5cc(-c7ccc(C=C)cc7)ccc5n6-c5ccc(-c6ccc(C=C)cc6)cc5)cc4)cc32)cc1. The van der Waals surface area contributed by atoms with Crippen LogP contribution in [0, 0.1) is 0 Å². The van der Waals surface area contributed by atoms with Crippen LogP contribution in [0.4, 0.5) is 17.1 Å². The standard InChI is InChI=1S/C82H62N2/c1-4-57-23-25-60(26-24-57)16-15-53-82(69-19-11-8-12-20-69)78-22-14-13-21-74(78)75-50-49-73(56-79(75)82)83(70-43-35-63(36-44-70)61-17-9-7-10-18-61)71-45-39-66(40-46-71)68-42-52-81-77(55-68)76-54-67(65-33-29-59(6-3)30-34-65)41-51-80(76)84(81)72-47-37-64(38-48-72)62-31-27-58(5-2)28-32-62/h4-14,17-52,54-56H,1-3,15-16,53H2. The Morgan fingerprint density at radius 3 is 1.30 bits per heavy atom. The molecule has 0 aliphatic heterocycles. The quantitative estimate of drug-likeness (QED) is 0.0936. The highest BCUT2D eigenvalue weighted by molar-refractivity contribution is 6.12. The lowest BCUT2D eigenvalue weighted by atomic mass is 9.69. The summed E-state index contributed by atoms with van der Waals surface area (Å²) in [5, 5.41) is 2.41. The molecule has 1 atom stereocenters. The van der Waals surface area contributed by atoms with E-state index in [0.717, 1.165) is 80.9 Å². The number of aryl methyl sites for hydroxylation is 1. The zero-order valence-electron chi connectivity index (χ0n) is 47.0. The van der Waals surface area contributed by atoms with E-state index in [-0.39, 0.29) is 5.41 Å². The van der Waals surface area contributed by atoms with E-state index in [2.05, 4.69) is 314 Å². The highest BCUT2D eigenvalue weighted by Crippen LogP contribution is 2.56. The molecule has 0 bridgehead atoms. The van der Waals surface area contributed by atoms with Crippen LogP contribution in [-0.2, 0) is 11.8 Å². The van der Waals surface area contributed by atoms with Crippen molar-refractivity contribution in [3.8, 4) is 61.3 Å². The van der Waals surface area contributed by atoms with Crippen molar-refractivity contribution in [2.45, 2.75) is 24.7 Å². The van der Waals surface area contributed by atoms with E-state index in [1.807, 2.05) is 18.2 Å². The fraction of sp³-hybridized carbons (Fsp3) is 0.0488. The molecule has 0 radical (unpaired) electrons. The third-order valence-electron chi connectivity index (χ3n) is 17.4. The lowest BCUT2D eigenvalue weighted by molar-refractivity contribution is 0.544. The van der Waals surface area contributed by atoms with E-state index in [1.54, 1.807) is 0 Å². The van der Waals surface area contributed by atoms with E-state index in [9.17, 15) is 0 Å². The third-order valence-corrected chi connectivity index (χ3v) is 17.4. The first-order valence-electron chi connectivity index (χ1n) is 29.2. The molecular weight excluding hydrogens is 1010 g/mol. The van der Waals surface area contributed by atoms with Gasteiger partial charge in [0.1, 0.15) is 0 Å². The monoisotopic (exact) mass is 1070 g/mol. The van der Waals surface area contributed by atoms with Crippen LogP contribution in [0.2, 0.25) is 0 Å². The van der Waals surface area contributed by atoms with E-state index in [1.165, 1.54) is 77.5 Å². The summed E-state index contributed by atoms with van der Waals surface area (Å²) in [5.41, 5.74) is 27.1. The van der Waals surface area contributed by atoms with Gasteiger partial charge in [-0.25, -0.2) is 0 Å². The number of rotatable bonds is 16. The number of hydrogen-bond acceptors (Lipinski definition) is 1. The van der Waals surface area contributed by atoms with Gasteiger partial charge in [-0.05, 0) is 187 Å². The van der Waals surface area contributed by atoms with Gasteiger partial charge in [0.15, 0.2) is 0 Å². The molecule has 2 heteroatoms. The molecule has 1 aliphatic carbocycles. The van der Waals surface area contributed by atoms with E-state index in [0.29, 0.717) is 0 Å². The number of fused-ring (bicyclic) bond motifs is 6. The van der Waals surface area contributed by atoms with Crippen LogP contribution in [0.3, 0.4) is 0 Å². The summed E-state index contributed by atoms with van der Waals surface area (Å²) in [5.74, 6) is 0. The van der Waals surface area contributed by atoms with Crippen LogP contribution in [0.25, 0.3) is 101 Å². The minimum absolute atomic E-state index is 0.364. The average molecular weight is 1080 g/mol. The second kappa shape index (κ2) is 22.1. The fourth-order valence-electron chi connectivity index (χ4n) is 13.1. The molecule has 1 heterocycles. The molecule has 0 saturated heterocycles. The first kappa shape index (κ1) is 51.6. The number of nitrogens with zero attached hydrogens (tertiary/aromatic N) is 2. The van der Waals surface area contributed by atoms with Gasteiger partial charge in [-0.1, -0.05) is 250 Å². The number of benzene rings is 12. The molecule has 0 fully saturated rings. The molecule has 84 heavy (non-hydrogen) atoms. The maximum Gasteiger partial charge on any atom is 0.0541 e. The van der Waals surface area contributed by atoms with E-state index in [4.69, 9.17) is 0 Å². The Bertz CT molecular complexity index is 4550. The summed E-state index contributed by atoms with van der Waals surface area (Å²) >= 11 is 0. The number of aromatic nitrogens is 1. The molecule has 400 valence electrons. The Balaban J connectivity index is 0.874. The van der Waals surface area contributed by atoms with Gasteiger partial charge in [0.2, 0.25) is 0 Å². The molecule has 0 N–H and O–H groups in total. The topological polar surface area (TPSA) is 8.17 Å². The van der Waals surface area contributed by atoms with E-state index < -0.39 is 0 Å². The fourth-order valence-corrected chi connectivity index (χ4v) is 13.1. The maximum absolute atomic E-state index is 4.00. The Hall–Kier alpha value is -10.5. The van der Waals surface area contributed by atoms with Crippen molar-refractivity contribution in [3.63, 3.8) is 0 Å².